The van der Waals surface area contributed by atoms with Crippen molar-refractivity contribution in [2.75, 3.05) is 30.5 Å². The van der Waals surface area contributed by atoms with Crippen LogP contribution in [0, 0.1) is 0 Å². The Hall–Kier alpha value is -0.780. The van der Waals surface area contributed by atoms with Gasteiger partial charge in [-0.3, -0.25) is 4.72 Å². The lowest BCUT2D eigenvalue weighted by molar-refractivity contribution is 0.402. The standard InChI is InChI=1S/C13H21ClN2O2S/c1-16(2)11-12-6-5-7-13(10-12)15-19(17,18)9-4-3-8-14/h5-7,10,15H,3-4,8-9,11H2,1-2H3. The zero-order chi connectivity index (χ0) is 14.3. The van der Waals surface area contributed by atoms with E-state index < -0.39 is 10.0 Å². The zero-order valence-electron chi connectivity index (χ0n) is 11.4. The summed E-state index contributed by atoms with van der Waals surface area (Å²) in [6.45, 7) is 0.780. The molecule has 0 atom stereocenters. The van der Waals surface area contributed by atoms with Crippen molar-refractivity contribution in [3.8, 4) is 0 Å². The van der Waals surface area contributed by atoms with Crippen LogP contribution >= 0.6 is 11.6 Å². The van der Waals surface area contributed by atoms with Gasteiger partial charge in [-0.05, 0) is 44.6 Å². The molecular formula is C13H21ClN2O2S. The molecule has 1 N–H and O–H groups in total. The summed E-state index contributed by atoms with van der Waals surface area (Å²) in [5.74, 6) is 0.603. The second-order valence-electron chi connectivity index (χ2n) is 4.76. The molecule has 0 unspecified atom stereocenters. The molecule has 0 fully saturated rings. The molecule has 0 aliphatic heterocycles. The average Bonchev–Trinajstić information content (AvgIpc) is 2.27. The van der Waals surface area contributed by atoms with Crippen LogP contribution in [0.3, 0.4) is 0 Å². The van der Waals surface area contributed by atoms with Crippen LogP contribution in [0.2, 0.25) is 0 Å². The number of hydrogen-bond donors (Lipinski definition) is 1. The molecule has 19 heavy (non-hydrogen) atoms. The first-order valence-corrected chi connectivity index (χ1v) is 8.42. The molecule has 4 nitrogen and oxygen atoms in total. The Morgan fingerprint density at radius 2 is 2.00 bits per heavy atom. The average molecular weight is 305 g/mol. The molecule has 6 heteroatoms. The molecule has 108 valence electrons. The summed E-state index contributed by atoms with van der Waals surface area (Å²) in [6, 6.07) is 7.46. The molecule has 1 aromatic rings. The molecule has 0 saturated carbocycles. The maximum absolute atomic E-state index is 11.8. The lowest BCUT2D eigenvalue weighted by atomic mass is 10.2. The third kappa shape index (κ3) is 6.80. The van der Waals surface area contributed by atoms with Crippen molar-refractivity contribution < 1.29 is 8.42 Å². The minimum atomic E-state index is -3.27. The lowest BCUT2D eigenvalue weighted by Gasteiger charge is -2.12. The summed E-state index contributed by atoms with van der Waals surface area (Å²) in [5, 5.41) is 0. The Kier molecular flexibility index (Phi) is 6.62. The van der Waals surface area contributed by atoms with Gasteiger partial charge in [0.1, 0.15) is 0 Å². The van der Waals surface area contributed by atoms with Crippen molar-refractivity contribution in [3.63, 3.8) is 0 Å². The zero-order valence-corrected chi connectivity index (χ0v) is 13.0. The van der Waals surface area contributed by atoms with Gasteiger partial charge < -0.3 is 4.90 Å². The molecule has 0 saturated heterocycles. The highest BCUT2D eigenvalue weighted by molar-refractivity contribution is 7.92. The van der Waals surface area contributed by atoms with Crippen LogP contribution in [-0.4, -0.2) is 39.0 Å². The van der Waals surface area contributed by atoms with Gasteiger partial charge in [-0.15, -0.1) is 11.6 Å². The summed E-state index contributed by atoms with van der Waals surface area (Å²) in [7, 11) is 0.676. The van der Waals surface area contributed by atoms with E-state index in [0.717, 1.165) is 12.1 Å². The van der Waals surface area contributed by atoms with E-state index >= 15 is 0 Å². The summed E-state index contributed by atoms with van der Waals surface area (Å²) in [4.78, 5) is 2.04. The van der Waals surface area contributed by atoms with Gasteiger partial charge in [0.25, 0.3) is 0 Å². The van der Waals surface area contributed by atoms with Crippen LogP contribution in [0.5, 0.6) is 0 Å². The van der Waals surface area contributed by atoms with Crippen LogP contribution in [0.25, 0.3) is 0 Å². The monoisotopic (exact) mass is 304 g/mol. The normalized spacial score (nSPS) is 11.8. The fraction of sp³-hybridized carbons (Fsp3) is 0.538. The number of benzene rings is 1. The van der Waals surface area contributed by atoms with Gasteiger partial charge in [0.05, 0.1) is 5.75 Å². The van der Waals surface area contributed by atoms with Crippen molar-refractivity contribution in [2.24, 2.45) is 0 Å². The van der Waals surface area contributed by atoms with Gasteiger partial charge in [-0.1, -0.05) is 12.1 Å². The van der Waals surface area contributed by atoms with Crippen LogP contribution in [0.15, 0.2) is 24.3 Å². The topological polar surface area (TPSA) is 49.4 Å². The van der Waals surface area contributed by atoms with Crippen LogP contribution < -0.4 is 4.72 Å². The minimum Gasteiger partial charge on any atom is -0.305 e. The van der Waals surface area contributed by atoms with Crippen molar-refractivity contribution in [3.05, 3.63) is 29.8 Å². The summed E-state index contributed by atoms with van der Waals surface area (Å²) in [5.41, 5.74) is 1.69. The van der Waals surface area contributed by atoms with Gasteiger partial charge in [-0.25, -0.2) is 8.42 Å². The van der Waals surface area contributed by atoms with E-state index in [2.05, 4.69) is 4.72 Å². The molecule has 0 radical (unpaired) electrons. The second-order valence-corrected chi connectivity index (χ2v) is 6.98. The molecule has 0 bridgehead atoms. The van der Waals surface area contributed by atoms with Crippen LogP contribution in [-0.2, 0) is 16.6 Å². The van der Waals surface area contributed by atoms with Gasteiger partial charge in [0.15, 0.2) is 0 Å². The summed E-state index contributed by atoms with van der Waals surface area (Å²) in [6.07, 6.45) is 1.29. The van der Waals surface area contributed by atoms with Crippen LogP contribution in [0.4, 0.5) is 5.69 Å². The highest BCUT2D eigenvalue weighted by Crippen LogP contribution is 2.14. The quantitative estimate of drug-likeness (QED) is 0.593. The van der Waals surface area contributed by atoms with Gasteiger partial charge >= 0.3 is 0 Å². The number of nitrogens with one attached hydrogen (secondary N) is 1. The highest BCUT2D eigenvalue weighted by Gasteiger charge is 2.10. The van der Waals surface area contributed by atoms with Crippen molar-refractivity contribution in [2.45, 2.75) is 19.4 Å². The maximum atomic E-state index is 11.8. The molecule has 0 aromatic heterocycles. The summed E-state index contributed by atoms with van der Waals surface area (Å²) >= 11 is 5.54. The number of unbranched alkanes of at least 4 members (excludes halogenated alkanes) is 1. The van der Waals surface area contributed by atoms with Crippen molar-refractivity contribution in [1.29, 1.82) is 0 Å². The second kappa shape index (κ2) is 7.72. The van der Waals surface area contributed by atoms with Crippen molar-refractivity contribution >= 4 is 27.3 Å². The van der Waals surface area contributed by atoms with E-state index in [-0.39, 0.29) is 5.75 Å². The number of alkyl halides is 1. The van der Waals surface area contributed by atoms with Gasteiger partial charge in [-0.2, -0.15) is 0 Å². The Morgan fingerprint density at radius 1 is 1.26 bits per heavy atom. The molecular weight excluding hydrogens is 284 g/mol. The molecule has 0 heterocycles. The molecule has 1 rings (SSSR count). The number of rotatable bonds is 8. The number of hydrogen-bond acceptors (Lipinski definition) is 3. The Bertz CT molecular complexity index is 489. The third-order valence-electron chi connectivity index (χ3n) is 2.50. The number of sulfonamides is 1. The first kappa shape index (κ1) is 16.3. The third-order valence-corrected chi connectivity index (χ3v) is 4.14. The highest BCUT2D eigenvalue weighted by atomic mass is 35.5. The minimum absolute atomic E-state index is 0.109. The molecule has 1 aromatic carbocycles. The van der Waals surface area contributed by atoms with Crippen molar-refractivity contribution in [1.82, 2.24) is 4.90 Å². The number of nitrogens with zero attached hydrogens (tertiary/aromatic N) is 1. The summed E-state index contributed by atoms with van der Waals surface area (Å²) < 4.78 is 26.3. The lowest BCUT2D eigenvalue weighted by Crippen LogP contribution is -2.17. The predicted octanol–water partition coefficient (Wildman–Crippen LogP) is 2.51. The molecule has 0 spiro atoms. The van der Waals surface area contributed by atoms with E-state index in [1.165, 1.54) is 0 Å². The fourth-order valence-electron chi connectivity index (χ4n) is 1.72. The number of anilines is 1. The van der Waals surface area contributed by atoms with Gasteiger partial charge in [0.2, 0.25) is 10.0 Å². The number of halogens is 1. The molecule has 0 aliphatic rings. The SMILES string of the molecule is CN(C)Cc1cccc(NS(=O)(=O)CCCCCl)c1. The Balaban J connectivity index is 2.65. The van der Waals surface area contributed by atoms with E-state index in [0.29, 0.717) is 24.4 Å². The van der Waals surface area contributed by atoms with E-state index in [9.17, 15) is 8.42 Å². The first-order valence-electron chi connectivity index (χ1n) is 6.23. The Labute approximate surface area is 120 Å². The van der Waals surface area contributed by atoms with Gasteiger partial charge in [0, 0.05) is 18.1 Å². The first-order chi connectivity index (χ1) is 8.93. The molecule has 0 amide bonds. The maximum Gasteiger partial charge on any atom is 0.232 e. The largest absolute Gasteiger partial charge is 0.305 e. The fourth-order valence-corrected chi connectivity index (χ4v) is 3.08. The predicted molar refractivity (Wildman–Crippen MR) is 81.2 cm³/mol. The molecule has 0 aliphatic carbocycles. The van der Waals surface area contributed by atoms with E-state index in [1.54, 1.807) is 6.07 Å². The Morgan fingerprint density at radius 3 is 2.63 bits per heavy atom. The van der Waals surface area contributed by atoms with Crippen LogP contribution in [0.1, 0.15) is 18.4 Å². The van der Waals surface area contributed by atoms with E-state index in [4.69, 9.17) is 11.6 Å². The van der Waals surface area contributed by atoms with E-state index in [1.807, 2.05) is 37.2 Å². The smallest absolute Gasteiger partial charge is 0.232 e.